The Morgan fingerprint density at radius 3 is 1.14 bits per heavy atom. The van der Waals surface area contributed by atoms with Crippen LogP contribution in [-0.2, 0) is 14.3 Å². The third-order valence-electron chi connectivity index (χ3n) is 15.4. The van der Waals surface area contributed by atoms with Gasteiger partial charge in [-0.1, -0.05) is 289 Å². The molecule has 0 radical (unpaired) electrons. The first-order chi connectivity index (χ1) is 34.8. The summed E-state index contributed by atoms with van der Waals surface area (Å²) in [6, 6.07) is -0.718. The van der Waals surface area contributed by atoms with Crippen LogP contribution in [-0.4, -0.2) is 87.5 Å². The van der Waals surface area contributed by atoms with Crippen molar-refractivity contribution in [3.05, 3.63) is 12.2 Å². The number of rotatable bonds is 55. The quantitative estimate of drug-likeness (QED) is 0.0261. The largest absolute Gasteiger partial charge is 0.394 e. The fourth-order valence-corrected chi connectivity index (χ4v) is 10.4. The van der Waals surface area contributed by atoms with Crippen molar-refractivity contribution >= 4 is 5.91 Å². The Labute approximate surface area is 439 Å². The number of carbonyl (C=O) groups is 1. The van der Waals surface area contributed by atoms with Crippen LogP contribution in [0.4, 0.5) is 0 Å². The number of aliphatic hydroxyl groups is 5. The van der Waals surface area contributed by atoms with Crippen molar-refractivity contribution in [1.29, 1.82) is 0 Å². The molecule has 0 spiro atoms. The maximum absolute atomic E-state index is 13.1. The van der Waals surface area contributed by atoms with Crippen molar-refractivity contribution in [3.8, 4) is 0 Å². The smallest absolute Gasteiger partial charge is 0.220 e. The van der Waals surface area contributed by atoms with Gasteiger partial charge in [0.2, 0.25) is 5.91 Å². The molecule has 1 amide bonds. The van der Waals surface area contributed by atoms with E-state index in [1.807, 2.05) is 0 Å². The van der Waals surface area contributed by atoms with E-state index in [0.29, 0.717) is 12.8 Å². The number of carbonyl (C=O) groups excluding carboxylic acids is 1. The van der Waals surface area contributed by atoms with Gasteiger partial charge in [-0.05, 0) is 38.5 Å². The lowest BCUT2D eigenvalue weighted by Crippen LogP contribution is -2.60. The van der Waals surface area contributed by atoms with Crippen molar-refractivity contribution in [2.24, 2.45) is 0 Å². The van der Waals surface area contributed by atoms with Crippen LogP contribution in [0, 0.1) is 0 Å². The van der Waals surface area contributed by atoms with E-state index in [-0.39, 0.29) is 12.5 Å². The molecule has 0 aromatic rings. The second-order valence-corrected chi connectivity index (χ2v) is 22.2. The topological polar surface area (TPSA) is 149 Å². The fraction of sp³-hybridized carbons (Fsp3) is 0.952. The van der Waals surface area contributed by atoms with Crippen LogP contribution in [0.2, 0.25) is 0 Å². The number of unbranched alkanes of at least 4 members (excludes halogenated alkanes) is 43. The van der Waals surface area contributed by atoms with Crippen LogP contribution >= 0.6 is 0 Å². The van der Waals surface area contributed by atoms with Gasteiger partial charge in [-0.15, -0.1) is 0 Å². The molecule has 71 heavy (non-hydrogen) atoms. The number of allylic oxidation sites excluding steroid dienone is 2. The van der Waals surface area contributed by atoms with Gasteiger partial charge in [-0.25, -0.2) is 0 Å². The third kappa shape index (κ3) is 41.8. The van der Waals surface area contributed by atoms with Crippen LogP contribution in [0.5, 0.6) is 0 Å². The Kier molecular flexibility index (Phi) is 50.1. The standard InChI is InChI=1S/C62H121NO8/c1-3-5-7-9-11-13-15-17-19-21-23-24-25-26-27-28-29-30-31-32-34-35-37-39-41-43-45-47-49-51-56(65)55(54-70-62-61(69)60(68)59(67)57(53-64)71-62)63-58(66)52-50-48-46-44-42-40-38-36-33-22-20-18-16-14-12-10-8-6-4-2/h18,20,55-57,59-62,64-65,67-69H,3-17,19,21-54H2,1-2H3,(H,63,66)/b20-18-. The Balaban J connectivity index is 2.14. The number of hydrogen-bond acceptors (Lipinski definition) is 8. The molecule has 1 heterocycles. The first kappa shape index (κ1) is 67.9. The fourth-order valence-electron chi connectivity index (χ4n) is 10.4. The summed E-state index contributed by atoms with van der Waals surface area (Å²) in [5.74, 6) is -0.141. The SMILES string of the molecule is CCCCCCCC/C=C\CCCCCCCCCCCC(=O)NC(COC1OC(CO)C(O)C(O)C1O)C(O)CCCCCCCCCCCCCCCCCCCCCCCCCCCCCCC. The summed E-state index contributed by atoms with van der Waals surface area (Å²) >= 11 is 0. The van der Waals surface area contributed by atoms with E-state index in [4.69, 9.17) is 9.47 Å². The molecule has 0 aromatic carbocycles. The normalized spacial score (nSPS) is 19.2. The Morgan fingerprint density at radius 2 is 0.789 bits per heavy atom. The molecule has 6 N–H and O–H groups in total. The van der Waals surface area contributed by atoms with Crippen molar-refractivity contribution in [2.75, 3.05) is 13.2 Å². The van der Waals surface area contributed by atoms with E-state index < -0.39 is 49.5 Å². The van der Waals surface area contributed by atoms with Crippen LogP contribution in [0.15, 0.2) is 12.2 Å². The van der Waals surface area contributed by atoms with Crippen molar-refractivity contribution in [2.45, 2.75) is 365 Å². The number of nitrogens with one attached hydrogen (secondary N) is 1. The molecule has 7 atom stereocenters. The predicted octanol–water partition coefficient (Wildman–Crippen LogP) is 16.0. The van der Waals surface area contributed by atoms with Crippen LogP contribution in [0.25, 0.3) is 0 Å². The molecule has 9 heteroatoms. The van der Waals surface area contributed by atoms with E-state index in [0.717, 1.165) is 38.5 Å². The molecule has 1 saturated heterocycles. The molecule has 0 saturated carbocycles. The van der Waals surface area contributed by atoms with Gasteiger partial charge in [-0.3, -0.25) is 4.79 Å². The minimum atomic E-state index is -1.55. The summed E-state index contributed by atoms with van der Waals surface area (Å²) in [5.41, 5.74) is 0. The number of aliphatic hydroxyl groups excluding tert-OH is 5. The average Bonchev–Trinajstić information content (AvgIpc) is 3.37. The van der Waals surface area contributed by atoms with Gasteiger partial charge in [0.25, 0.3) is 0 Å². The summed E-state index contributed by atoms with van der Waals surface area (Å²) in [4.78, 5) is 13.1. The molecule has 0 aliphatic carbocycles. The van der Waals surface area contributed by atoms with E-state index in [9.17, 15) is 30.3 Å². The van der Waals surface area contributed by atoms with Gasteiger partial charge in [0.15, 0.2) is 6.29 Å². The zero-order chi connectivity index (χ0) is 51.5. The summed E-state index contributed by atoms with van der Waals surface area (Å²) in [6.45, 7) is 3.88. The Morgan fingerprint density at radius 1 is 0.465 bits per heavy atom. The minimum absolute atomic E-state index is 0.134. The second kappa shape index (κ2) is 52.4. The highest BCUT2D eigenvalue weighted by molar-refractivity contribution is 5.76. The molecule has 1 rings (SSSR count). The highest BCUT2D eigenvalue weighted by atomic mass is 16.7. The van der Waals surface area contributed by atoms with Crippen LogP contribution in [0.1, 0.15) is 322 Å². The van der Waals surface area contributed by atoms with E-state index in [1.54, 1.807) is 0 Å². The lowest BCUT2D eigenvalue weighted by Gasteiger charge is -2.40. The first-order valence-corrected chi connectivity index (χ1v) is 31.4. The number of ether oxygens (including phenoxy) is 2. The van der Waals surface area contributed by atoms with Crippen molar-refractivity contribution < 1.29 is 39.8 Å². The molecular weight excluding hydrogens is 887 g/mol. The third-order valence-corrected chi connectivity index (χ3v) is 15.4. The van der Waals surface area contributed by atoms with E-state index >= 15 is 0 Å². The second-order valence-electron chi connectivity index (χ2n) is 22.2. The summed E-state index contributed by atoms with van der Waals surface area (Å²) < 4.78 is 11.3. The molecule has 7 unspecified atom stereocenters. The van der Waals surface area contributed by atoms with Crippen LogP contribution < -0.4 is 5.32 Å². The average molecular weight is 1010 g/mol. The van der Waals surface area contributed by atoms with Gasteiger partial charge >= 0.3 is 0 Å². The van der Waals surface area contributed by atoms with Gasteiger partial charge in [0, 0.05) is 6.42 Å². The summed E-state index contributed by atoms with van der Waals surface area (Å²) in [5, 5.41) is 54.8. The number of hydrogen-bond donors (Lipinski definition) is 6. The lowest BCUT2D eigenvalue weighted by molar-refractivity contribution is -0.302. The molecule has 422 valence electrons. The lowest BCUT2D eigenvalue weighted by atomic mass is 9.99. The van der Waals surface area contributed by atoms with Gasteiger partial charge in [0.1, 0.15) is 24.4 Å². The predicted molar refractivity (Wildman–Crippen MR) is 300 cm³/mol. The molecule has 9 nitrogen and oxygen atoms in total. The van der Waals surface area contributed by atoms with Gasteiger partial charge in [-0.2, -0.15) is 0 Å². The zero-order valence-corrected chi connectivity index (χ0v) is 47.0. The van der Waals surface area contributed by atoms with Crippen LogP contribution in [0.3, 0.4) is 0 Å². The maximum Gasteiger partial charge on any atom is 0.220 e. The Hall–Kier alpha value is -1.07. The summed E-state index contributed by atoms with van der Waals surface area (Å²) in [6.07, 6.45) is 58.3. The monoisotopic (exact) mass is 1010 g/mol. The van der Waals surface area contributed by atoms with Gasteiger partial charge < -0.3 is 40.3 Å². The number of amides is 1. The first-order valence-electron chi connectivity index (χ1n) is 31.4. The highest BCUT2D eigenvalue weighted by Crippen LogP contribution is 2.24. The minimum Gasteiger partial charge on any atom is -0.394 e. The molecule has 0 bridgehead atoms. The summed E-state index contributed by atoms with van der Waals surface area (Å²) in [7, 11) is 0. The maximum atomic E-state index is 13.1. The Bertz CT molecular complexity index is 1120. The van der Waals surface area contributed by atoms with Crippen molar-refractivity contribution in [1.82, 2.24) is 5.32 Å². The van der Waals surface area contributed by atoms with E-state index in [1.165, 1.54) is 257 Å². The zero-order valence-electron chi connectivity index (χ0n) is 47.0. The van der Waals surface area contributed by atoms with Crippen molar-refractivity contribution in [3.63, 3.8) is 0 Å². The van der Waals surface area contributed by atoms with E-state index in [2.05, 4.69) is 31.3 Å². The molecular formula is C62H121NO8. The highest BCUT2D eigenvalue weighted by Gasteiger charge is 2.44. The molecule has 1 aliphatic heterocycles. The van der Waals surface area contributed by atoms with Gasteiger partial charge in [0.05, 0.1) is 25.4 Å². The molecule has 1 aliphatic rings. The molecule has 0 aromatic heterocycles. The molecule has 1 fully saturated rings.